The number of aliphatic hydroxyl groups is 1. The fourth-order valence-electron chi connectivity index (χ4n) is 3.88. The fourth-order valence-corrected chi connectivity index (χ4v) is 3.88. The maximum Gasteiger partial charge on any atom is 0.315 e. The minimum absolute atomic E-state index is 0.0628. The molecule has 3 N–H and O–H groups in total. The first kappa shape index (κ1) is 15.3. The first-order valence-electron chi connectivity index (χ1n) is 8.50. The van der Waals surface area contributed by atoms with Crippen LogP contribution in [0.5, 0.6) is 0 Å². The number of hydrogen-bond donors (Lipinski definition) is 3. The zero-order chi connectivity index (χ0) is 15.4. The normalized spacial score (nSPS) is 27.3. The molecule has 2 aliphatic rings. The number of carbonyl (C=O) groups is 1. The van der Waals surface area contributed by atoms with Gasteiger partial charge < -0.3 is 15.7 Å². The molecule has 1 aromatic rings. The van der Waals surface area contributed by atoms with E-state index in [-0.39, 0.29) is 23.7 Å². The Hall–Kier alpha value is -1.55. The van der Waals surface area contributed by atoms with E-state index in [0.717, 1.165) is 51.4 Å². The molecule has 22 heavy (non-hydrogen) atoms. The minimum Gasteiger partial charge on any atom is -0.393 e. The minimum atomic E-state index is -0.209. The first-order chi connectivity index (χ1) is 10.7. The van der Waals surface area contributed by atoms with Gasteiger partial charge in [0.05, 0.1) is 11.6 Å². The van der Waals surface area contributed by atoms with Gasteiger partial charge in [-0.25, -0.2) is 4.79 Å². The van der Waals surface area contributed by atoms with Gasteiger partial charge in [0.2, 0.25) is 0 Å². The molecule has 0 saturated heterocycles. The van der Waals surface area contributed by atoms with Crippen molar-refractivity contribution in [2.24, 2.45) is 0 Å². The number of nitrogens with one attached hydrogen (secondary N) is 2. The van der Waals surface area contributed by atoms with Gasteiger partial charge in [0.1, 0.15) is 0 Å². The van der Waals surface area contributed by atoms with E-state index in [4.69, 9.17) is 0 Å². The lowest BCUT2D eigenvalue weighted by Gasteiger charge is -2.33. The third-order valence-corrected chi connectivity index (χ3v) is 5.17. The van der Waals surface area contributed by atoms with Crippen molar-refractivity contribution in [2.75, 3.05) is 0 Å². The van der Waals surface area contributed by atoms with E-state index in [1.165, 1.54) is 5.56 Å². The number of urea groups is 1. The molecule has 2 aliphatic carbocycles. The average molecular weight is 302 g/mol. The summed E-state index contributed by atoms with van der Waals surface area (Å²) in [5.41, 5.74) is 1.00. The zero-order valence-electron chi connectivity index (χ0n) is 13.1. The fraction of sp³-hybridized carbons (Fsp3) is 0.611. The highest BCUT2D eigenvalue weighted by atomic mass is 16.3. The van der Waals surface area contributed by atoms with Crippen molar-refractivity contribution in [2.45, 2.75) is 69.1 Å². The Morgan fingerprint density at radius 2 is 1.68 bits per heavy atom. The van der Waals surface area contributed by atoms with Crippen molar-refractivity contribution in [1.29, 1.82) is 0 Å². The van der Waals surface area contributed by atoms with E-state index in [0.29, 0.717) is 0 Å². The maximum absolute atomic E-state index is 12.4. The van der Waals surface area contributed by atoms with E-state index in [1.54, 1.807) is 0 Å². The van der Waals surface area contributed by atoms with Gasteiger partial charge in [-0.3, -0.25) is 0 Å². The predicted octanol–water partition coefficient (Wildman–Crippen LogP) is 3.06. The van der Waals surface area contributed by atoms with Crippen LogP contribution in [0.25, 0.3) is 0 Å². The van der Waals surface area contributed by atoms with E-state index < -0.39 is 0 Å². The molecular weight excluding hydrogens is 276 g/mol. The van der Waals surface area contributed by atoms with Crippen LogP contribution >= 0.6 is 0 Å². The van der Waals surface area contributed by atoms with Crippen molar-refractivity contribution in [1.82, 2.24) is 10.6 Å². The van der Waals surface area contributed by atoms with Crippen LogP contribution in [0.15, 0.2) is 30.3 Å². The molecule has 0 unspecified atom stereocenters. The van der Waals surface area contributed by atoms with Crippen LogP contribution < -0.4 is 10.6 Å². The maximum atomic E-state index is 12.4. The first-order valence-corrected chi connectivity index (χ1v) is 8.50. The number of hydrogen-bond acceptors (Lipinski definition) is 2. The van der Waals surface area contributed by atoms with Gasteiger partial charge in [0.25, 0.3) is 0 Å². The Labute approximate surface area is 132 Å². The molecule has 2 saturated carbocycles. The van der Waals surface area contributed by atoms with Gasteiger partial charge in [0.15, 0.2) is 0 Å². The van der Waals surface area contributed by atoms with E-state index >= 15 is 0 Å². The Morgan fingerprint density at radius 1 is 1.05 bits per heavy atom. The van der Waals surface area contributed by atoms with Crippen molar-refractivity contribution in [3.8, 4) is 0 Å². The smallest absolute Gasteiger partial charge is 0.315 e. The molecule has 2 fully saturated rings. The molecule has 0 heterocycles. The van der Waals surface area contributed by atoms with Crippen LogP contribution in [-0.2, 0) is 5.54 Å². The summed E-state index contributed by atoms with van der Waals surface area (Å²) < 4.78 is 0. The summed E-state index contributed by atoms with van der Waals surface area (Å²) in [7, 11) is 0. The van der Waals surface area contributed by atoms with Crippen LogP contribution in [-0.4, -0.2) is 23.3 Å². The summed E-state index contributed by atoms with van der Waals surface area (Å²) in [5, 5.41) is 15.9. The highest BCUT2D eigenvalue weighted by Crippen LogP contribution is 2.38. The number of amides is 2. The van der Waals surface area contributed by atoms with Crippen LogP contribution in [0.2, 0.25) is 0 Å². The monoisotopic (exact) mass is 302 g/mol. The lowest BCUT2D eigenvalue weighted by Crippen LogP contribution is -2.51. The largest absolute Gasteiger partial charge is 0.393 e. The van der Waals surface area contributed by atoms with Crippen LogP contribution in [0.4, 0.5) is 4.79 Å². The Morgan fingerprint density at radius 3 is 2.32 bits per heavy atom. The van der Waals surface area contributed by atoms with E-state index in [9.17, 15) is 9.90 Å². The number of carbonyl (C=O) groups excluding carboxylic acids is 1. The summed E-state index contributed by atoms with van der Waals surface area (Å²) in [6.07, 6.45) is 7.45. The van der Waals surface area contributed by atoms with Crippen LogP contribution in [0.3, 0.4) is 0 Å². The molecular formula is C18H26N2O2. The Kier molecular flexibility index (Phi) is 4.67. The van der Waals surface area contributed by atoms with Crippen LogP contribution in [0.1, 0.15) is 56.9 Å². The third kappa shape index (κ3) is 3.43. The van der Waals surface area contributed by atoms with Crippen molar-refractivity contribution < 1.29 is 9.90 Å². The Bertz CT molecular complexity index is 489. The molecule has 3 rings (SSSR count). The lowest BCUT2D eigenvalue weighted by molar-refractivity contribution is 0.117. The molecule has 1 aromatic carbocycles. The second-order valence-electron chi connectivity index (χ2n) is 6.76. The summed E-state index contributed by atoms with van der Waals surface area (Å²) in [4.78, 5) is 12.4. The molecule has 120 valence electrons. The lowest BCUT2D eigenvalue weighted by atomic mass is 9.88. The highest BCUT2D eigenvalue weighted by molar-refractivity contribution is 5.75. The highest BCUT2D eigenvalue weighted by Gasteiger charge is 2.37. The molecule has 0 aliphatic heterocycles. The van der Waals surface area contributed by atoms with Crippen LogP contribution in [0, 0.1) is 0 Å². The molecule has 4 heteroatoms. The standard InChI is InChI=1S/C18H26N2O2/c21-16-10-8-15(9-11-16)19-17(22)20-18(12-4-5-13-18)14-6-2-1-3-7-14/h1-3,6-7,15-16,21H,4-5,8-13H2,(H2,19,20,22). The van der Waals surface area contributed by atoms with E-state index in [2.05, 4.69) is 22.8 Å². The molecule has 0 bridgehead atoms. The topological polar surface area (TPSA) is 61.4 Å². The van der Waals surface area contributed by atoms with Crippen molar-refractivity contribution in [3.63, 3.8) is 0 Å². The SMILES string of the molecule is O=C(NC1CCC(O)CC1)NC1(c2ccccc2)CCCC1. The molecule has 0 atom stereocenters. The van der Waals surface area contributed by atoms with E-state index in [1.807, 2.05) is 18.2 Å². The average Bonchev–Trinajstić information content (AvgIpc) is 3.00. The third-order valence-electron chi connectivity index (χ3n) is 5.17. The van der Waals surface area contributed by atoms with Crippen molar-refractivity contribution >= 4 is 6.03 Å². The van der Waals surface area contributed by atoms with Gasteiger partial charge in [0, 0.05) is 6.04 Å². The molecule has 0 radical (unpaired) electrons. The number of benzene rings is 1. The summed E-state index contributed by atoms with van der Waals surface area (Å²) >= 11 is 0. The quantitative estimate of drug-likeness (QED) is 0.803. The molecule has 4 nitrogen and oxygen atoms in total. The predicted molar refractivity (Wildman–Crippen MR) is 86.5 cm³/mol. The van der Waals surface area contributed by atoms with Gasteiger partial charge >= 0.3 is 6.03 Å². The molecule has 2 amide bonds. The van der Waals surface area contributed by atoms with Gasteiger partial charge in [-0.2, -0.15) is 0 Å². The second kappa shape index (κ2) is 6.69. The zero-order valence-corrected chi connectivity index (χ0v) is 13.1. The summed E-state index contributed by atoms with van der Waals surface area (Å²) in [6, 6.07) is 10.4. The molecule has 0 aromatic heterocycles. The molecule has 0 spiro atoms. The van der Waals surface area contributed by atoms with Gasteiger partial charge in [-0.15, -0.1) is 0 Å². The number of aliphatic hydroxyl groups excluding tert-OH is 1. The van der Waals surface area contributed by atoms with Gasteiger partial charge in [-0.05, 0) is 44.1 Å². The summed E-state index contributed by atoms with van der Waals surface area (Å²) in [5.74, 6) is 0. The Balaban J connectivity index is 1.63. The van der Waals surface area contributed by atoms with Gasteiger partial charge in [-0.1, -0.05) is 43.2 Å². The number of rotatable bonds is 3. The second-order valence-corrected chi connectivity index (χ2v) is 6.76. The summed E-state index contributed by atoms with van der Waals surface area (Å²) in [6.45, 7) is 0. The van der Waals surface area contributed by atoms with Crippen molar-refractivity contribution in [3.05, 3.63) is 35.9 Å².